The van der Waals surface area contributed by atoms with Crippen molar-refractivity contribution in [1.29, 1.82) is 0 Å². The van der Waals surface area contributed by atoms with Gasteiger partial charge in [0.2, 0.25) is 10.9 Å². The summed E-state index contributed by atoms with van der Waals surface area (Å²) in [5, 5.41) is 0. The van der Waals surface area contributed by atoms with Crippen LogP contribution in [0.15, 0.2) is 9.59 Å². The molecule has 3 N–H and O–H groups in total. The van der Waals surface area contributed by atoms with Crippen LogP contribution in [0, 0.1) is 5.41 Å². The average molecular weight is 267 g/mol. The maximum atomic E-state index is 11.7. The lowest BCUT2D eigenvalue weighted by Gasteiger charge is -2.35. The summed E-state index contributed by atoms with van der Waals surface area (Å²) in [7, 11) is 1.83. The average Bonchev–Trinajstić information content (AvgIpc) is 2.28. The molecule has 0 radical (unpaired) electrons. The normalized spacial score (nSPS) is 14.1. The Morgan fingerprint density at radius 1 is 1.21 bits per heavy atom. The van der Waals surface area contributed by atoms with Crippen LogP contribution in [0.2, 0.25) is 0 Å². The summed E-state index contributed by atoms with van der Waals surface area (Å²) in [4.78, 5) is 25.2. The molecular formula is C14H25N3O2. The molecule has 1 aromatic carbocycles. The van der Waals surface area contributed by atoms with Crippen LogP contribution in [0.1, 0.15) is 46.1 Å². The Balaban J connectivity index is 2.97. The lowest BCUT2D eigenvalue weighted by atomic mass is 9.86. The third-order valence-electron chi connectivity index (χ3n) is 3.58. The van der Waals surface area contributed by atoms with Crippen molar-refractivity contribution in [1.82, 2.24) is 5.43 Å². The minimum atomic E-state index is -0.379. The molecule has 1 aromatic rings. The van der Waals surface area contributed by atoms with Gasteiger partial charge in [0.15, 0.2) is 0 Å². The molecule has 0 aromatic heterocycles. The predicted molar refractivity (Wildman–Crippen MR) is 79.3 cm³/mol. The maximum Gasteiger partial charge on any atom is 0.249 e. The van der Waals surface area contributed by atoms with E-state index in [9.17, 15) is 9.59 Å². The van der Waals surface area contributed by atoms with Gasteiger partial charge in [-0.25, -0.2) is 0 Å². The van der Waals surface area contributed by atoms with Gasteiger partial charge in [0.1, 0.15) is 0 Å². The van der Waals surface area contributed by atoms with Crippen molar-refractivity contribution in [3.63, 3.8) is 0 Å². The first kappa shape index (κ1) is 15.9. The first-order chi connectivity index (χ1) is 8.61. The second-order valence-corrected chi connectivity index (χ2v) is 6.54. The molecule has 5 heteroatoms. The zero-order valence-corrected chi connectivity index (χ0v) is 12.7. The Kier molecular flexibility index (Phi) is 4.53. The standard InChI is InChI=1S/C14H25N3O2/c1-8(2)10-11(13(19)12(10)18)17(6)7-9(16-15)14(3,4)5/h8-9,16H,7,15H2,1-6H3/t9-/m1/s1. The van der Waals surface area contributed by atoms with Crippen LogP contribution >= 0.6 is 0 Å². The van der Waals surface area contributed by atoms with E-state index >= 15 is 0 Å². The number of likely N-dealkylation sites (N-methyl/N-ethyl adjacent to an activating group) is 1. The van der Waals surface area contributed by atoms with Gasteiger partial charge in [-0.2, -0.15) is 0 Å². The molecule has 1 atom stereocenters. The van der Waals surface area contributed by atoms with Gasteiger partial charge >= 0.3 is 0 Å². The fourth-order valence-corrected chi connectivity index (χ4v) is 2.25. The maximum absolute atomic E-state index is 11.7. The number of nitrogens with zero attached hydrogens (tertiary/aromatic N) is 1. The Morgan fingerprint density at radius 2 is 1.74 bits per heavy atom. The van der Waals surface area contributed by atoms with E-state index in [2.05, 4.69) is 26.2 Å². The highest BCUT2D eigenvalue weighted by atomic mass is 16.2. The lowest BCUT2D eigenvalue weighted by molar-refractivity contribution is 0.274. The highest BCUT2D eigenvalue weighted by Gasteiger charge is 2.30. The molecule has 0 spiro atoms. The molecule has 108 valence electrons. The highest BCUT2D eigenvalue weighted by Crippen LogP contribution is 2.25. The number of hydrogen-bond donors (Lipinski definition) is 2. The molecule has 0 saturated heterocycles. The first-order valence-corrected chi connectivity index (χ1v) is 6.61. The molecular weight excluding hydrogens is 242 g/mol. The number of hydrogen-bond acceptors (Lipinski definition) is 5. The van der Waals surface area contributed by atoms with Crippen LogP contribution in [0.3, 0.4) is 0 Å². The van der Waals surface area contributed by atoms with Gasteiger partial charge < -0.3 is 4.90 Å². The summed E-state index contributed by atoms with van der Waals surface area (Å²) in [6.45, 7) is 10.7. The van der Waals surface area contributed by atoms with Crippen molar-refractivity contribution in [2.45, 2.75) is 46.6 Å². The van der Waals surface area contributed by atoms with Gasteiger partial charge in [0.25, 0.3) is 0 Å². The number of nitrogens with one attached hydrogen (secondary N) is 1. The van der Waals surface area contributed by atoms with Crippen molar-refractivity contribution in [2.75, 3.05) is 18.5 Å². The van der Waals surface area contributed by atoms with E-state index in [1.54, 1.807) is 0 Å². The summed E-state index contributed by atoms with van der Waals surface area (Å²) >= 11 is 0. The van der Waals surface area contributed by atoms with Crippen LogP contribution in [-0.4, -0.2) is 19.6 Å². The van der Waals surface area contributed by atoms with E-state index in [1.807, 2.05) is 25.8 Å². The minimum absolute atomic E-state index is 0.0294. The smallest absolute Gasteiger partial charge is 0.249 e. The third-order valence-corrected chi connectivity index (χ3v) is 3.58. The van der Waals surface area contributed by atoms with Gasteiger partial charge in [-0.1, -0.05) is 34.6 Å². The van der Waals surface area contributed by atoms with Gasteiger partial charge in [-0.05, 0) is 11.3 Å². The van der Waals surface area contributed by atoms with Crippen molar-refractivity contribution in [3.05, 3.63) is 26.0 Å². The monoisotopic (exact) mass is 267 g/mol. The van der Waals surface area contributed by atoms with Crippen molar-refractivity contribution < 1.29 is 0 Å². The molecule has 0 amide bonds. The fraction of sp³-hybridized carbons (Fsp3) is 0.714. The van der Waals surface area contributed by atoms with Crippen LogP contribution in [0.25, 0.3) is 0 Å². The van der Waals surface area contributed by atoms with Gasteiger partial charge in [-0.15, -0.1) is 0 Å². The molecule has 0 saturated carbocycles. The number of nitrogens with two attached hydrogens (primary N) is 1. The van der Waals surface area contributed by atoms with E-state index in [4.69, 9.17) is 5.84 Å². The zero-order valence-electron chi connectivity index (χ0n) is 12.7. The van der Waals surface area contributed by atoms with E-state index < -0.39 is 0 Å². The molecule has 0 aliphatic rings. The fourth-order valence-electron chi connectivity index (χ4n) is 2.25. The second kappa shape index (κ2) is 5.43. The molecule has 0 unspecified atom stereocenters. The second-order valence-electron chi connectivity index (χ2n) is 6.54. The van der Waals surface area contributed by atoms with Crippen LogP contribution in [0.5, 0.6) is 0 Å². The largest absolute Gasteiger partial charge is 0.369 e. The van der Waals surface area contributed by atoms with E-state index in [0.29, 0.717) is 17.8 Å². The van der Waals surface area contributed by atoms with E-state index in [-0.39, 0.29) is 28.2 Å². The Bertz CT molecular complexity index is 507. The Labute approximate surface area is 114 Å². The summed E-state index contributed by atoms with van der Waals surface area (Å²) in [6.07, 6.45) is 0. The lowest BCUT2D eigenvalue weighted by Crippen LogP contribution is -2.53. The molecule has 0 aliphatic heterocycles. The number of rotatable bonds is 5. The first-order valence-electron chi connectivity index (χ1n) is 6.61. The minimum Gasteiger partial charge on any atom is -0.369 e. The van der Waals surface area contributed by atoms with Crippen LogP contribution in [-0.2, 0) is 0 Å². The molecule has 0 heterocycles. The predicted octanol–water partition coefficient (Wildman–Crippen LogP) is 0.720. The molecule has 0 fully saturated rings. The van der Waals surface area contributed by atoms with E-state index in [0.717, 1.165) is 0 Å². The van der Waals surface area contributed by atoms with Crippen molar-refractivity contribution in [2.24, 2.45) is 11.3 Å². The summed E-state index contributed by atoms with van der Waals surface area (Å²) < 4.78 is 0. The van der Waals surface area contributed by atoms with Crippen molar-refractivity contribution in [3.8, 4) is 0 Å². The molecule has 1 rings (SSSR count). The molecule has 0 aliphatic carbocycles. The summed E-state index contributed by atoms with van der Waals surface area (Å²) in [5.74, 6) is 5.65. The summed E-state index contributed by atoms with van der Waals surface area (Å²) in [6, 6.07) is 0.0296. The number of anilines is 1. The van der Waals surface area contributed by atoms with E-state index in [1.165, 1.54) is 0 Å². The molecule has 19 heavy (non-hydrogen) atoms. The number of hydrazine groups is 1. The zero-order chi connectivity index (χ0) is 15.0. The van der Waals surface area contributed by atoms with Gasteiger partial charge in [-0.3, -0.25) is 20.9 Å². The highest BCUT2D eigenvalue weighted by molar-refractivity contribution is 5.59. The van der Waals surface area contributed by atoms with Gasteiger partial charge in [0.05, 0.1) is 5.69 Å². The quantitative estimate of drug-likeness (QED) is 0.467. The van der Waals surface area contributed by atoms with Gasteiger partial charge in [0, 0.05) is 25.2 Å². The molecule has 0 bridgehead atoms. The SMILES string of the molecule is CC(C)c1c(N(C)C[C@@H](NN)C(C)(C)C)c(=O)c1=O. The Morgan fingerprint density at radius 3 is 2.11 bits per heavy atom. The van der Waals surface area contributed by atoms with Crippen LogP contribution < -0.4 is 27.0 Å². The van der Waals surface area contributed by atoms with Crippen LogP contribution in [0.4, 0.5) is 5.69 Å². The summed E-state index contributed by atoms with van der Waals surface area (Å²) in [5.41, 5.74) is 3.22. The Hall–Kier alpha value is -1.20. The third kappa shape index (κ3) is 3.04. The molecule has 5 nitrogen and oxygen atoms in total. The van der Waals surface area contributed by atoms with Crippen molar-refractivity contribution >= 4 is 5.69 Å². The topological polar surface area (TPSA) is 75.4 Å².